The molecule has 8 heteroatoms. The van der Waals surface area contributed by atoms with Gasteiger partial charge in [0.1, 0.15) is 5.69 Å². The van der Waals surface area contributed by atoms with Crippen LogP contribution in [0.1, 0.15) is 33.6 Å². The topological polar surface area (TPSA) is 91.6 Å². The molecule has 2 heterocycles. The Labute approximate surface area is 205 Å². The number of nitrogens with two attached hydrogens (primary N) is 1. The Hall–Kier alpha value is -3.23. The van der Waals surface area contributed by atoms with E-state index in [-0.39, 0.29) is 18.2 Å². The molecule has 7 nitrogen and oxygen atoms in total. The van der Waals surface area contributed by atoms with Gasteiger partial charge in [0.05, 0.1) is 0 Å². The molecule has 0 radical (unpaired) electrons. The van der Waals surface area contributed by atoms with Crippen molar-refractivity contribution >= 4 is 28.8 Å². The zero-order chi connectivity index (χ0) is 24.3. The Morgan fingerprint density at radius 2 is 1.82 bits per heavy atom. The van der Waals surface area contributed by atoms with Gasteiger partial charge < -0.3 is 20.9 Å². The smallest absolute Gasteiger partial charge is 0.317 e. The number of ketones is 1. The Morgan fingerprint density at radius 1 is 1.03 bits per heavy atom. The summed E-state index contributed by atoms with van der Waals surface area (Å²) in [5.41, 5.74) is 9.84. The van der Waals surface area contributed by atoms with Gasteiger partial charge >= 0.3 is 6.03 Å². The molecule has 34 heavy (non-hydrogen) atoms. The number of rotatable bonds is 12. The van der Waals surface area contributed by atoms with Crippen molar-refractivity contribution in [1.29, 1.82) is 0 Å². The van der Waals surface area contributed by atoms with Crippen LogP contribution in [0.2, 0.25) is 0 Å². The lowest BCUT2D eigenvalue weighted by Crippen LogP contribution is -2.41. The molecule has 0 bridgehead atoms. The number of nitrogens with zero attached hydrogens (tertiary/aromatic N) is 3. The summed E-state index contributed by atoms with van der Waals surface area (Å²) < 4.78 is 0. The first-order chi connectivity index (χ1) is 16.4. The quantitative estimate of drug-likeness (QED) is 0.385. The highest BCUT2D eigenvalue weighted by atomic mass is 32.1. The molecule has 0 fully saturated rings. The van der Waals surface area contributed by atoms with Gasteiger partial charge in [-0.05, 0) is 61.6 Å². The number of anilines is 1. The molecule has 2 amide bonds. The molecule has 3 N–H and O–H groups in total. The van der Waals surface area contributed by atoms with Crippen molar-refractivity contribution in [2.24, 2.45) is 0 Å². The normalized spacial score (nSPS) is 10.9. The molecule has 0 aliphatic carbocycles. The summed E-state index contributed by atoms with van der Waals surface area (Å²) in [6.45, 7) is 2.53. The standard InChI is InChI=1S/C26H33N5O2S/c1-30(2)13-6-14-31(26(33)28-12-11-20-7-4-3-5-8-20)17-21-9-10-24(29-16-21)25(32)15-22-18-34-19-23(22)27/h3-5,7-10,16,18-19H,6,11-15,17,27H2,1-2H3,(H,28,33). The van der Waals surface area contributed by atoms with E-state index in [9.17, 15) is 9.59 Å². The number of pyridine rings is 1. The minimum absolute atomic E-state index is 0.0712. The molecule has 3 rings (SSSR count). The maximum absolute atomic E-state index is 12.9. The van der Waals surface area contributed by atoms with Crippen LogP contribution in [-0.4, -0.2) is 60.3 Å². The van der Waals surface area contributed by atoms with Gasteiger partial charge in [0.15, 0.2) is 5.78 Å². The predicted molar refractivity (Wildman–Crippen MR) is 138 cm³/mol. The number of nitrogens with one attached hydrogen (secondary N) is 1. The van der Waals surface area contributed by atoms with Crippen LogP contribution < -0.4 is 11.1 Å². The zero-order valence-corrected chi connectivity index (χ0v) is 20.7. The molecule has 0 spiro atoms. The van der Waals surface area contributed by atoms with E-state index in [1.165, 1.54) is 16.9 Å². The van der Waals surface area contributed by atoms with Gasteiger partial charge in [0, 0.05) is 43.3 Å². The molecule has 180 valence electrons. The number of Topliss-reactive ketones (excluding diaryl/α,β-unsaturated/α-hetero) is 1. The lowest BCUT2D eigenvalue weighted by atomic mass is 10.1. The van der Waals surface area contributed by atoms with Gasteiger partial charge in [-0.3, -0.25) is 9.78 Å². The Balaban J connectivity index is 1.58. The van der Waals surface area contributed by atoms with Crippen molar-refractivity contribution in [2.75, 3.05) is 39.5 Å². The number of carbonyl (C=O) groups is 2. The molecule has 0 saturated carbocycles. The van der Waals surface area contributed by atoms with E-state index < -0.39 is 0 Å². The molecule has 0 atom stereocenters. The summed E-state index contributed by atoms with van der Waals surface area (Å²) in [6.07, 6.45) is 3.57. The van der Waals surface area contributed by atoms with E-state index >= 15 is 0 Å². The third kappa shape index (κ3) is 7.97. The number of benzene rings is 1. The first kappa shape index (κ1) is 25.4. The fourth-order valence-electron chi connectivity index (χ4n) is 3.54. The molecule has 1 aromatic carbocycles. The van der Waals surface area contributed by atoms with Crippen LogP contribution in [0.5, 0.6) is 0 Å². The Kier molecular flexibility index (Phi) is 9.61. The van der Waals surface area contributed by atoms with E-state index in [1.54, 1.807) is 17.2 Å². The van der Waals surface area contributed by atoms with E-state index in [4.69, 9.17) is 5.73 Å². The number of nitrogen functional groups attached to an aromatic ring is 1. The largest absolute Gasteiger partial charge is 0.398 e. The van der Waals surface area contributed by atoms with Gasteiger partial charge in [-0.15, -0.1) is 11.3 Å². The second kappa shape index (κ2) is 12.9. The van der Waals surface area contributed by atoms with Crippen molar-refractivity contribution in [3.8, 4) is 0 Å². The first-order valence-electron chi connectivity index (χ1n) is 11.4. The average Bonchev–Trinajstić information content (AvgIpc) is 3.23. The number of aromatic nitrogens is 1. The van der Waals surface area contributed by atoms with Crippen LogP contribution in [0.25, 0.3) is 0 Å². The molecule has 3 aromatic rings. The maximum atomic E-state index is 12.9. The van der Waals surface area contributed by atoms with Crippen molar-refractivity contribution in [2.45, 2.75) is 25.8 Å². The van der Waals surface area contributed by atoms with Gasteiger partial charge in [0.25, 0.3) is 0 Å². The number of carbonyl (C=O) groups excluding carboxylic acids is 2. The molecular weight excluding hydrogens is 446 g/mol. The predicted octanol–water partition coefficient (Wildman–Crippen LogP) is 3.86. The number of amides is 2. The van der Waals surface area contributed by atoms with Gasteiger partial charge in [-0.2, -0.15) is 0 Å². The molecule has 0 unspecified atom stereocenters. The van der Waals surface area contributed by atoms with Crippen molar-refractivity contribution in [1.82, 2.24) is 20.1 Å². The summed E-state index contributed by atoms with van der Waals surface area (Å²) in [5, 5.41) is 6.76. The van der Waals surface area contributed by atoms with Crippen molar-refractivity contribution in [3.63, 3.8) is 0 Å². The average molecular weight is 480 g/mol. The Bertz CT molecular complexity index is 1050. The van der Waals surface area contributed by atoms with E-state index in [1.807, 2.05) is 49.1 Å². The molecule has 0 aliphatic rings. The van der Waals surface area contributed by atoms with Crippen LogP contribution in [0, 0.1) is 0 Å². The minimum Gasteiger partial charge on any atom is -0.398 e. The fraction of sp³-hybridized carbons (Fsp3) is 0.346. The second-order valence-corrected chi connectivity index (χ2v) is 9.29. The van der Waals surface area contributed by atoms with Crippen molar-refractivity contribution < 1.29 is 9.59 Å². The third-order valence-electron chi connectivity index (χ3n) is 5.46. The summed E-state index contributed by atoms with van der Waals surface area (Å²) in [4.78, 5) is 33.7. The van der Waals surface area contributed by atoms with Gasteiger partial charge in [0.2, 0.25) is 0 Å². The van der Waals surface area contributed by atoms with Crippen LogP contribution >= 0.6 is 11.3 Å². The summed E-state index contributed by atoms with van der Waals surface area (Å²) in [6, 6.07) is 13.6. The number of thiophene rings is 1. The molecular formula is C26H33N5O2S. The number of urea groups is 1. The van der Waals surface area contributed by atoms with E-state index in [0.29, 0.717) is 31.0 Å². The lowest BCUT2D eigenvalue weighted by Gasteiger charge is -2.24. The number of hydrogen-bond acceptors (Lipinski definition) is 6. The highest BCUT2D eigenvalue weighted by molar-refractivity contribution is 7.08. The highest BCUT2D eigenvalue weighted by Gasteiger charge is 2.15. The second-order valence-electron chi connectivity index (χ2n) is 8.55. The van der Waals surface area contributed by atoms with Crippen molar-refractivity contribution in [3.05, 3.63) is 81.8 Å². The van der Waals surface area contributed by atoms with E-state index in [2.05, 4.69) is 27.3 Å². The summed E-state index contributed by atoms with van der Waals surface area (Å²) >= 11 is 1.48. The summed E-state index contributed by atoms with van der Waals surface area (Å²) in [7, 11) is 4.04. The van der Waals surface area contributed by atoms with E-state index in [0.717, 1.165) is 30.5 Å². The molecule has 0 aliphatic heterocycles. The van der Waals surface area contributed by atoms with Crippen LogP contribution in [0.3, 0.4) is 0 Å². The van der Waals surface area contributed by atoms with Crippen LogP contribution in [0.4, 0.5) is 10.5 Å². The highest BCUT2D eigenvalue weighted by Crippen LogP contribution is 2.19. The minimum atomic E-state index is -0.0947. The molecule has 2 aromatic heterocycles. The SMILES string of the molecule is CN(C)CCCN(Cc1ccc(C(=O)Cc2cscc2N)nc1)C(=O)NCCc1ccccc1. The summed E-state index contributed by atoms with van der Waals surface area (Å²) in [5.74, 6) is -0.0712. The third-order valence-corrected chi connectivity index (χ3v) is 6.27. The lowest BCUT2D eigenvalue weighted by molar-refractivity contribution is 0.0988. The monoisotopic (exact) mass is 479 g/mol. The first-order valence-corrected chi connectivity index (χ1v) is 12.4. The van der Waals surface area contributed by atoms with Gasteiger partial charge in [-0.25, -0.2) is 4.79 Å². The fourth-order valence-corrected chi connectivity index (χ4v) is 4.29. The number of hydrogen-bond donors (Lipinski definition) is 2. The maximum Gasteiger partial charge on any atom is 0.317 e. The molecule has 0 saturated heterocycles. The zero-order valence-electron chi connectivity index (χ0n) is 19.9. The Morgan fingerprint density at radius 3 is 2.47 bits per heavy atom. The van der Waals surface area contributed by atoms with Crippen LogP contribution in [-0.2, 0) is 19.4 Å². The van der Waals surface area contributed by atoms with Gasteiger partial charge in [-0.1, -0.05) is 36.4 Å². The van der Waals surface area contributed by atoms with Crippen LogP contribution in [0.15, 0.2) is 59.4 Å².